The van der Waals surface area contributed by atoms with Crippen molar-refractivity contribution in [3.8, 4) is 17.2 Å². The van der Waals surface area contributed by atoms with Crippen LogP contribution in [0.25, 0.3) is 0 Å². The van der Waals surface area contributed by atoms with Crippen molar-refractivity contribution in [2.45, 2.75) is 31.2 Å². The van der Waals surface area contributed by atoms with Gasteiger partial charge in [0.15, 0.2) is 4.90 Å². The number of benzene rings is 1. The lowest BCUT2D eigenvalue weighted by Gasteiger charge is -2.17. The predicted molar refractivity (Wildman–Crippen MR) is 76.2 cm³/mol. The first kappa shape index (κ1) is 16.6. The van der Waals surface area contributed by atoms with E-state index in [-0.39, 0.29) is 22.4 Å². The molecule has 20 heavy (non-hydrogen) atoms. The molecule has 1 aromatic rings. The van der Waals surface area contributed by atoms with Gasteiger partial charge in [-0.05, 0) is 13.3 Å². The van der Waals surface area contributed by atoms with Gasteiger partial charge in [-0.2, -0.15) is 0 Å². The Morgan fingerprint density at radius 1 is 1.10 bits per heavy atom. The van der Waals surface area contributed by atoms with Crippen molar-refractivity contribution in [2.75, 3.05) is 21.3 Å². The zero-order valence-corrected chi connectivity index (χ0v) is 13.2. The van der Waals surface area contributed by atoms with Crippen LogP contribution in [-0.2, 0) is 10.0 Å². The van der Waals surface area contributed by atoms with Gasteiger partial charge in [-0.3, -0.25) is 0 Å². The Hall–Kier alpha value is -1.47. The van der Waals surface area contributed by atoms with E-state index in [0.717, 1.165) is 0 Å². The molecule has 0 saturated carbocycles. The summed E-state index contributed by atoms with van der Waals surface area (Å²) in [6.07, 6.45) is 0.681. The molecule has 0 radical (unpaired) electrons. The molecule has 114 valence electrons. The first-order valence-electron chi connectivity index (χ1n) is 6.21. The van der Waals surface area contributed by atoms with Crippen molar-refractivity contribution < 1.29 is 22.6 Å². The summed E-state index contributed by atoms with van der Waals surface area (Å²) in [6, 6.07) is 2.83. The van der Waals surface area contributed by atoms with Crippen molar-refractivity contribution in [1.29, 1.82) is 0 Å². The SMILES string of the molecule is CCC(C)NS(=O)(=O)c1c(OC)cc(OC)cc1OC. The highest BCUT2D eigenvalue weighted by molar-refractivity contribution is 7.89. The van der Waals surface area contributed by atoms with Gasteiger partial charge in [0, 0.05) is 18.2 Å². The Morgan fingerprint density at radius 2 is 1.60 bits per heavy atom. The number of sulfonamides is 1. The lowest BCUT2D eigenvalue weighted by Crippen LogP contribution is -2.32. The summed E-state index contributed by atoms with van der Waals surface area (Å²) in [4.78, 5) is -0.0244. The fourth-order valence-electron chi connectivity index (χ4n) is 1.65. The molecule has 1 atom stereocenters. The van der Waals surface area contributed by atoms with E-state index in [1.165, 1.54) is 33.5 Å². The van der Waals surface area contributed by atoms with E-state index in [1.54, 1.807) is 6.92 Å². The Labute approximate surface area is 120 Å². The number of hydrogen-bond acceptors (Lipinski definition) is 5. The van der Waals surface area contributed by atoms with Crippen LogP contribution in [0.4, 0.5) is 0 Å². The van der Waals surface area contributed by atoms with Crippen LogP contribution in [0.5, 0.6) is 17.2 Å². The van der Waals surface area contributed by atoms with E-state index >= 15 is 0 Å². The van der Waals surface area contributed by atoms with E-state index in [0.29, 0.717) is 12.2 Å². The number of hydrogen-bond donors (Lipinski definition) is 1. The minimum absolute atomic E-state index is 0.0244. The molecule has 0 aliphatic rings. The minimum atomic E-state index is -3.74. The van der Waals surface area contributed by atoms with Crippen LogP contribution in [-0.4, -0.2) is 35.8 Å². The first-order valence-corrected chi connectivity index (χ1v) is 7.70. The van der Waals surface area contributed by atoms with E-state index in [4.69, 9.17) is 14.2 Å². The second kappa shape index (κ2) is 6.81. The van der Waals surface area contributed by atoms with Gasteiger partial charge in [0.25, 0.3) is 0 Å². The smallest absolute Gasteiger partial charge is 0.248 e. The molecule has 6 nitrogen and oxygen atoms in total. The number of methoxy groups -OCH3 is 3. The second-order valence-electron chi connectivity index (χ2n) is 4.29. The van der Waals surface area contributed by atoms with E-state index in [2.05, 4.69) is 4.72 Å². The van der Waals surface area contributed by atoms with Crippen LogP contribution in [0.1, 0.15) is 20.3 Å². The highest BCUT2D eigenvalue weighted by Crippen LogP contribution is 2.37. The molecule has 7 heteroatoms. The Kier molecular flexibility index (Phi) is 5.64. The topological polar surface area (TPSA) is 73.9 Å². The highest BCUT2D eigenvalue weighted by Gasteiger charge is 2.27. The molecule has 0 heterocycles. The molecule has 0 aliphatic carbocycles. The van der Waals surface area contributed by atoms with Gasteiger partial charge in [0.2, 0.25) is 10.0 Å². The third kappa shape index (κ3) is 3.55. The van der Waals surface area contributed by atoms with Gasteiger partial charge in [-0.25, -0.2) is 13.1 Å². The summed E-state index contributed by atoms with van der Waals surface area (Å²) >= 11 is 0. The third-order valence-electron chi connectivity index (χ3n) is 2.91. The summed E-state index contributed by atoms with van der Waals surface area (Å²) in [7, 11) is 0.547. The molecular weight excluding hydrogens is 282 g/mol. The maximum absolute atomic E-state index is 12.4. The molecule has 1 aromatic carbocycles. The van der Waals surface area contributed by atoms with Crippen LogP contribution < -0.4 is 18.9 Å². The lowest BCUT2D eigenvalue weighted by molar-refractivity contribution is 0.358. The third-order valence-corrected chi connectivity index (χ3v) is 4.56. The van der Waals surface area contributed by atoms with Gasteiger partial charge >= 0.3 is 0 Å². The Bertz CT molecular complexity index is 531. The molecule has 0 saturated heterocycles. The van der Waals surface area contributed by atoms with E-state index in [9.17, 15) is 8.42 Å². The van der Waals surface area contributed by atoms with Gasteiger partial charge in [-0.15, -0.1) is 0 Å². The largest absolute Gasteiger partial charge is 0.496 e. The molecule has 1 unspecified atom stereocenters. The molecule has 0 aliphatic heterocycles. The van der Waals surface area contributed by atoms with Gasteiger partial charge in [-0.1, -0.05) is 6.92 Å². The van der Waals surface area contributed by atoms with E-state index in [1.807, 2.05) is 6.92 Å². The molecule has 1 rings (SSSR count). The average Bonchev–Trinajstić information content (AvgIpc) is 2.44. The second-order valence-corrected chi connectivity index (χ2v) is 5.94. The van der Waals surface area contributed by atoms with Crippen LogP contribution in [0.3, 0.4) is 0 Å². The van der Waals surface area contributed by atoms with Crippen molar-refractivity contribution >= 4 is 10.0 Å². The van der Waals surface area contributed by atoms with Gasteiger partial charge in [0.1, 0.15) is 17.2 Å². The Morgan fingerprint density at radius 3 is 1.95 bits per heavy atom. The Balaban J connectivity index is 3.42. The standard InChI is InChI=1S/C13H21NO5S/c1-6-9(2)14-20(15,16)13-11(18-4)7-10(17-3)8-12(13)19-5/h7-9,14H,6H2,1-5H3. The fraction of sp³-hybridized carbons (Fsp3) is 0.538. The van der Waals surface area contributed by atoms with Crippen molar-refractivity contribution in [3.63, 3.8) is 0 Å². The van der Waals surface area contributed by atoms with E-state index < -0.39 is 10.0 Å². The summed E-state index contributed by atoms with van der Waals surface area (Å²) in [5.74, 6) is 0.815. The monoisotopic (exact) mass is 303 g/mol. The molecule has 0 bridgehead atoms. The number of ether oxygens (including phenoxy) is 3. The van der Waals surface area contributed by atoms with Crippen molar-refractivity contribution in [2.24, 2.45) is 0 Å². The molecule has 0 fully saturated rings. The summed E-state index contributed by atoms with van der Waals surface area (Å²) in [5.41, 5.74) is 0. The van der Waals surface area contributed by atoms with Crippen LogP contribution >= 0.6 is 0 Å². The molecular formula is C13H21NO5S. The normalized spacial score (nSPS) is 12.8. The van der Waals surface area contributed by atoms with Gasteiger partial charge < -0.3 is 14.2 Å². The number of nitrogens with one attached hydrogen (secondary N) is 1. The molecule has 0 spiro atoms. The predicted octanol–water partition coefficient (Wildman–Crippen LogP) is 1.79. The highest BCUT2D eigenvalue weighted by atomic mass is 32.2. The van der Waals surface area contributed by atoms with Crippen molar-refractivity contribution in [3.05, 3.63) is 12.1 Å². The molecule has 0 amide bonds. The average molecular weight is 303 g/mol. The first-order chi connectivity index (χ1) is 9.39. The minimum Gasteiger partial charge on any atom is -0.496 e. The summed E-state index contributed by atoms with van der Waals surface area (Å²) in [6.45, 7) is 3.69. The fourth-order valence-corrected chi connectivity index (χ4v) is 3.27. The quantitative estimate of drug-likeness (QED) is 0.831. The number of rotatable bonds is 7. The lowest BCUT2D eigenvalue weighted by atomic mass is 10.3. The summed E-state index contributed by atoms with van der Waals surface area (Å²) < 4.78 is 42.9. The molecule has 0 aromatic heterocycles. The molecule has 1 N–H and O–H groups in total. The van der Waals surface area contributed by atoms with Crippen LogP contribution in [0.2, 0.25) is 0 Å². The maximum Gasteiger partial charge on any atom is 0.248 e. The zero-order chi connectivity index (χ0) is 15.3. The van der Waals surface area contributed by atoms with Crippen LogP contribution in [0.15, 0.2) is 17.0 Å². The summed E-state index contributed by atoms with van der Waals surface area (Å²) in [5, 5.41) is 0. The van der Waals surface area contributed by atoms with Crippen molar-refractivity contribution in [1.82, 2.24) is 4.72 Å². The van der Waals surface area contributed by atoms with Crippen LogP contribution in [0, 0.1) is 0 Å². The maximum atomic E-state index is 12.4. The zero-order valence-electron chi connectivity index (χ0n) is 12.4. The van der Waals surface area contributed by atoms with Gasteiger partial charge in [0.05, 0.1) is 21.3 Å².